The third-order valence-electron chi connectivity index (χ3n) is 6.41. The number of anilines is 1. The lowest BCUT2D eigenvalue weighted by atomic mass is 10.1. The Morgan fingerprint density at radius 2 is 1.78 bits per heavy atom. The van der Waals surface area contributed by atoms with Crippen LogP contribution in [0.1, 0.15) is 29.2 Å². The Hall–Kier alpha value is -4.14. The summed E-state index contributed by atoms with van der Waals surface area (Å²) in [5, 5.41) is 15.7. The lowest BCUT2D eigenvalue weighted by Gasteiger charge is -2.19. The van der Waals surface area contributed by atoms with E-state index in [9.17, 15) is 23.2 Å². The van der Waals surface area contributed by atoms with E-state index in [1.54, 1.807) is 30.1 Å². The molecule has 3 aromatic carbocycles. The van der Waals surface area contributed by atoms with Gasteiger partial charge >= 0.3 is 6.18 Å². The average molecular weight is 592 g/mol. The number of amidine groups is 1. The summed E-state index contributed by atoms with van der Waals surface area (Å²) in [5.74, 6) is -0.226. The number of rotatable bonds is 6. The molecule has 2 aliphatic rings. The number of halogens is 3. The Balaban J connectivity index is 1.52. The molecule has 208 valence electrons. The van der Waals surface area contributed by atoms with Crippen LogP contribution in [-0.2, 0) is 17.5 Å². The second kappa shape index (κ2) is 11.8. The van der Waals surface area contributed by atoms with Gasteiger partial charge in [0.1, 0.15) is 4.91 Å². The van der Waals surface area contributed by atoms with E-state index in [1.165, 1.54) is 35.7 Å². The van der Waals surface area contributed by atoms with Gasteiger partial charge in [0.25, 0.3) is 5.91 Å². The number of alkyl halides is 3. The van der Waals surface area contributed by atoms with Crippen LogP contribution in [0.25, 0.3) is 5.70 Å². The van der Waals surface area contributed by atoms with Crippen LogP contribution in [0.3, 0.4) is 0 Å². The van der Waals surface area contributed by atoms with Gasteiger partial charge in [0, 0.05) is 19.0 Å². The number of carbonyl (C=O) groups excluding carboxylic acids is 1. The first-order valence-corrected chi connectivity index (χ1v) is 14.3. The summed E-state index contributed by atoms with van der Waals surface area (Å²) in [5.41, 5.74) is 3.24. The van der Waals surface area contributed by atoms with Gasteiger partial charge in [-0.05, 0) is 60.1 Å². The third kappa shape index (κ3) is 5.99. The van der Waals surface area contributed by atoms with Crippen molar-refractivity contribution in [2.24, 2.45) is 4.99 Å². The van der Waals surface area contributed by atoms with Crippen LogP contribution in [0.5, 0.6) is 0 Å². The molecular weight excluding hydrogens is 567 g/mol. The molecule has 41 heavy (non-hydrogen) atoms. The van der Waals surface area contributed by atoms with E-state index in [1.807, 2.05) is 47.6 Å². The Morgan fingerprint density at radius 3 is 2.44 bits per heavy atom. The van der Waals surface area contributed by atoms with E-state index in [2.05, 4.69) is 11.4 Å². The van der Waals surface area contributed by atoms with Crippen molar-refractivity contribution in [2.75, 3.05) is 18.9 Å². The number of nitrogens with zero attached hydrogens (tertiary/aromatic N) is 4. The molecule has 0 unspecified atom stereocenters. The number of aliphatic imine (C=N–C) groups is 1. The van der Waals surface area contributed by atoms with E-state index in [4.69, 9.17) is 4.99 Å². The summed E-state index contributed by atoms with van der Waals surface area (Å²) in [7, 11) is 1.79. The molecule has 0 aromatic heterocycles. The van der Waals surface area contributed by atoms with Crippen molar-refractivity contribution in [3.8, 4) is 6.07 Å². The highest BCUT2D eigenvalue weighted by molar-refractivity contribution is 8.19. The fourth-order valence-electron chi connectivity index (χ4n) is 4.34. The molecule has 0 spiro atoms. The number of benzene rings is 3. The second-order valence-corrected chi connectivity index (χ2v) is 11.0. The Bertz CT molecular complexity index is 1610. The van der Waals surface area contributed by atoms with Crippen molar-refractivity contribution in [1.82, 2.24) is 9.80 Å². The molecule has 0 bridgehead atoms. The lowest BCUT2D eigenvalue weighted by Crippen LogP contribution is -2.29. The first-order valence-electron chi connectivity index (χ1n) is 12.6. The molecule has 11 heteroatoms. The van der Waals surface area contributed by atoms with Gasteiger partial charge in [0.15, 0.2) is 5.17 Å². The van der Waals surface area contributed by atoms with Crippen molar-refractivity contribution in [3.63, 3.8) is 0 Å². The van der Waals surface area contributed by atoms with Crippen molar-refractivity contribution < 1.29 is 18.0 Å². The number of hydrogen-bond donors (Lipinski definition) is 1. The maximum atomic E-state index is 13.9. The van der Waals surface area contributed by atoms with Crippen LogP contribution in [-0.4, -0.2) is 34.5 Å². The Labute approximate surface area is 244 Å². The van der Waals surface area contributed by atoms with E-state index >= 15 is 0 Å². The van der Waals surface area contributed by atoms with E-state index in [0.717, 1.165) is 23.4 Å². The summed E-state index contributed by atoms with van der Waals surface area (Å²) in [6.07, 6.45) is -4.42. The molecule has 1 N–H and O–H groups in total. The molecule has 0 atom stereocenters. The van der Waals surface area contributed by atoms with Crippen LogP contribution >= 0.6 is 23.5 Å². The van der Waals surface area contributed by atoms with Crippen LogP contribution in [0, 0.1) is 11.3 Å². The van der Waals surface area contributed by atoms with Crippen molar-refractivity contribution in [1.29, 1.82) is 5.26 Å². The molecule has 2 aliphatic heterocycles. The first-order chi connectivity index (χ1) is 19.7. The smallest absolute Gasteiger partial charge is 0.384 e. The standard InChI is InChI=1S/C30H24F3N5OS2/c1-3-35-23-14-9-20(16-34)15-24(23)36-29-38(17-19-7-5-4-6-8-19)27(39)26(41-29)28-37(2)25(18-40-28)21-10-12-22(13-11-21)30(31,32)33/h4-15,18,35H,3,17H2,1-2H3/b28-26-,36-29?. The maximum Gasteiger partial charge on any atom is 0.416 e. The van der Waals surface area contributed by atoms with Gasteiger partial charge in [-0.15, -0.1) is 0 Å². The molecule has 6 nitrogen and oxygen atoms in total. The predicted octanol–water partition coefficient (Wildman–Crippen LogP) is 7.62. The number of hydrogen-bond acceptors (Lipinski definition) is 7. The molecule has 0 saturated carbocycles. The van der Waals surface area contributed by atoms with Gasteiger partial charge < -0.3 is 10.2 Å². The zero-order valence-electron chi connectivity index (χ0n) is 22.1. The van der Waals surface area contributed by atoms with Gasteiger partial charge in [-0.3, -0.25) is 9.69 Å². The topological polar surface area (TPSA) is 71.7 Å². The maximum absolute atomic E-state index is 13.9. The Kier molecular flexibility index (Phi) is 8.15. The van der Waals surface area contributed by atoms with Gasteiger partial charge in [-0.1, -0.05) is 54.2 Å². The zero-order valence-corrected chi connectivity index (χ0v) is 23.7. The molecule has 2 heterocycles. The number of amides is 1. The predicted molar refractivity (Wildman–Crippen MR) is 159 cm³/mol. The minimum absolute atomic E-state index is 0.226. The monoisotopic (exact) mass is 591 g/mol. The van der Waals surface area contributed by atoms with Gasteiger partial charge in [0.05, 0.1) is 45.8 Å². The minimum Gasteiger partial charge on any atom is -0.384 e. The number of nitriles is 1. The fourth-order valence-corrected chi connectivity index (χ4v) is 6.58. The summed E-state index contributed by atoms with van der Waals surface area (Å²) in [4.78, 5) is 22.6. The molecule has 0 aliphatic carbocycles. The van der Waals surface area contributed by atoms with Gasteiger partial charge in [-0.2, -0.15) is 18.4 Å². The summed E-state index contributed by atoms with van der Waals surface area (Å²) < 4.78 is 39.2. The summed E-state index contributed by atoms with van der Waals surface area (Å²) in [6.45, 7) is 2.91. The van der Waals surface area contributed by atoms with E-state index < -0.39 is 11.7 Å². The average Bonchev–Trinajstić information content (AvgIpc) is 3.48. The zero-order chi connectivity index (χ0) is 29.1. The van der Waals surface area contributed by atoms with Crippen molar-refractivity contribution in [3.05, 3.63) is 110 Å². The van der Waals surface area contributed by atoms with Crippen LogP contribution < -0.4 is 5.32 Å². The normalized spacial score (nSPS) is 18.2. The number of thioether (sulfide) groups is 2. The lowest BCUT2D eigenvalue weighted by molar-refractivity contribution is -0.137. The largest absolute Gasteiger partial charge is 0.416 e. The quantitative estimate of drug-likeness (QED) is 0.298. The fraction of sp³-hybridized carbons (Fsp3) is 0.167. The minimum atomic E-state index is -4.42. The summed E-state index contributed by atoms with van der Waals surface area (Å²) >= 11 is 2.58. The van der Waals surface area contributed by atoms with Crippen molar-refractivity contribution in [2.45, 2.75) is 19.6 Å². The number of carbonyl (C=O) groups is 1. The van der Waals surface area contributed by atoms with Crippen LogP contribution in [0.4, 0.5) is 24.5 Å². The van der Waals surface area contributed by atoms with Crippen LogP contribution in [0.15, 0.2) is 93.1 Å². The van der Waals surface area contributed by atoms with E-state index in [0.29, 0.717) is 50.7 Å². The molecular formula is C30H24F3N5OS2. The highest BCUT2D eigenvalue weighted by atomic mass is 32.2. The third-order valence-corrected chi connectivity index (χ3v) is 8.65. The SMILES string of the molecule is CCNc1ccc(C#N)cc1N=C1S/C(=C2\SC=C(c3ccc(C(F)(F)F)cc3)N2C)C(=O)N1Cc1ccccc1. The molecule has 1 fully saturated rings. The van der Waals surface area contributed by atoms with Crippen molar-refractivity contribution >= 4 is 51.7 Å². The molecule has 1 saturated heterocycles. The summed E-state index contributed by atoms with van der Waals surface area (Å²) in [6, 6.07) is 21.9. The van der Waals surface area contributed by atoms with Gasteiger partial charge in [-0.25, -0.2) is 4.99 Å². The first kappa shape index (κ1) is 28.4. The highest BCUT2D eigenvalue weighted by Gasteiger charge is 2.39. The van der Waals surface area contributed by atoms with Gasteiger partial charge in [0.2, 0.25) is 0 Å². The number of nitrogens with one attached hydrogen (secondary N) is 1. The Morgan fingerprint density at radius 1 is 1.05 bits per heavy atom. The van der Waals surface area contributed by atoms with Crippen LogP contribution in [0.2, 0.25) is 0 Å². The molecule has 0 radical (unpaired) electrons. The highest BCUT2D eigenvalue weighted by Crippen LogP contribution is 2.47. The van der Waals surface area contributed by atoms with E-state index in [-0.39, 0.29) is 5.91 Å². The molecule has 5 rings (SSSR count). The second-order valence-electron chi connectivity index (χ2n) is 9.14. The molecule has 3 aromatic rings. The molecule has 1 amide bonds.